The molecule has 0 bridgehead atoms. The molecule has 0 saturated carbocycles. The Bertz CT molecular complexity index is 860. The van der Waals surface area contributed by atoms with E-state index in [4.69, 9.17) is 0 Å². The van der Waals surface area contributed by atoms with Gasteiger partial charge in [0.2, 0.25) is 0 Å². The molecular weight excluding hydrogens is 281 g/mol. The minimum absolute atomic E-state index is 0.166. The first-order valence-corrected chi connectivity index (χ1v) is 7.11. The van der Waals surface area contributed by atoms with Crippen LogP contribution in [-0.4, -0.2) is 9.97 Å². The summed E-state index contributed by atoms with van der Waals surface area (Å²) in [6, 6.07) is 13.6. The van der Waals surface area contributed by atoms with E-state index >= 15 is 0 Å². The third-order valence-corrected chi connectivity index (χ3v) is 3.61. The zero-order chi connectivity index (χ0) is 15.5. The van der Waals surface area contributed by atoms with Crippen LogP contribution in [0.3, 0.4) is 0 Å². The number of para-hydroxylation sites is 1. The number of hydrogen-bond acceptors (Lipinski definition) is 3. The molecule has 0 fully saturated rings. The predicted molar refractivity (Wildman–Crippen MR) is 84.0 cm³/mol. The summed E-state index contributed by atoms with van der Waals surface area (Å²) in [5.41, 5.74) is 1.08. The van der Waals surface area contributed by atoms with Crippen molar-refractivity contribution in [3.8, 4) is 0 Å². The average molecular weight is 297 g/mol. The largest absolute Gasteiger partial charge is 0.309 e. The van der Waals surface area contributed by atoms with Crippen LogP contribution < -0.4 is 10.9 Å². The van der Waals surface area contributed by atoms with Crippen LogP contribution in [0.15, 0.2) is 53.3 Å². The highest BCUT2D eigenvalue weighted by Gasteiger charge is 2.10. The number of hydrogen-bond donors (Lipinski definition) is 2. The van der Waals surface area contributed by atoms with E-state index in [1.54, 1.807) is 36.4 Å². The Morgan fingerprint density at radius 2 is 1.91 bits per heavy atom. The molecule has 2 N–H and O–H groups in total. The van der Waals surface area contributed by atoms with E-state index in [2.05, 4.69) is 15.3 Å². The Balaban J connectivity index is 1.79. The minimum atomic E-state index is -0.248. The topological polar surface area (TPSA) is 57.8 Å². The number of nitrogens with zero attached hydrogens (tertiary/aromatic N) is 1. The Morgan fingerprint density at radius 3 is 2.73 bits per heavy atom. The highest BCUT2D eigenvalue weighted by Crippen LogP contribution is 2.16. The molecule has 0 saturated heterocycles. The molecule has 1 atom stereocenters. The van der Waals surface area contributed by atoms with Gasteiger partial charge in [0.05, 0.1) is 17.4 Å². The molecule has 0 aliphatic rings. The Morgan fingerprint density at radius 1 is 1.18 bits per heavy atom. The van der Waals surface area contributed by atoms with Crippen molar-refractivity contribution in [1.29, 1.82) is 0 Å². The lowest BCUT2D eigenvalue weighted by molar-refractivity contribution is 0.520. The fraction of sp³-hybridized carbons (Fsp3) is 0.176. The van der Waals surface area contributed by atoms with E-state index in [-0.39, 0.29) is 17.4 Å². The number of fused-ring (bicyclic) bond motifs is 1. The van der Waals surface area contributed by atoms with Gasteiger partial charge in [-0.3, -0.25) is 4.79 Å². The number of aromatic amines is 1. The van der Waals surface area contributed by atoms with Crippen molar-refractivity contribution in [1.82, 2.24) is 15.3 Å². The molecule has 1 aromatic heterocycles. The predicted octanol–water partition coefficient (Wildman–Crippen LogP) is 2.91. The van der Waals surface area contributed by atoms with Crippen molar-refractivity contribution in [2.24, 2.45) is 0 Å². The normalized spacial score (nSPS) is 12.5. The SMILES string of the molecule is C[C@H](NCc1nc2ccccc2c(=O)[nH]1)c1ccccc1F. The van der Waals surface area contributed by atoms with Gasteiger partial charge in [0.15, 0.2) is 0 Å². The minimum Gasteiger partial charge on any atom is -0.309 e. The fourth-order valence-corrected chi connectivity index (χ4v) is 2.40. The van der Waals surface area contributed by atoms with Crippen molar-refractivity contribution in [2.45, 2.75) is 19.5 Å². The summed E-state index contributed by atoms with van der Waals surface area (Å²) in [6.45, 7) is 2.23. The molecule has 4 nitrogen and oxygen atoms in total. The smallest absolute Gasteiger partial charge is 0.258 e. The molecule has 0 spiro atoms. The molecule has 3 aromatic rings. The summed E-state index contributed by atoms with van der Waals surface area (Å²) in [7, 11) is 0. The molecule has 0 amide bonds. The van der Waals surface area contributed by atoms with Crippen LogP contribution in [0.5, 0.6) is 0 Å². The molecule has 0 aliphatic heterocycles. The van der Waals surface area contributed by atoms with Gasteiger partial charge in [0, 0.05) is 11.6 Å². The summed E-state index contributed by atoms with van der Waals surface area (Å²) in [5, 5.41) is 3.74. The summed E-state index contributed by atoms with van der Waals surface area (Å²) in [5.74, 6) is 0.286. The van der Waals surface area contributed by atoms with E-state index in [0.717, 1.165) is 0 Å². The van der Waals surface area contributed by atoms with Crippen LogP contribution in [0.25, 0.3) is 10.9 Å². The summed E-state index contributed by atoms with van der Waals surface area (Å²) < 4.78 is 13.7. The summed E-state index contributed by atoms with van der Waals surface area (Å²) in [6.07, 6.45) is 0. The molecule has 2 aromatic carbocycles. The monoisotopic (exact) mass is 297 g/mol. The van der Waals surface area contributed by atoms with Crippen LogP contribution in [0.2, 0.25) is 0 Å². The molecule has 5 heteroatoms. The number of rotatable bonds is 4. The molecule has 112 valence electrons. The maximum absolute atomic E-state index is 13.7. The highest BCUT2D eigenvalue weighted by molar-refractivity contribution is 5.77. The van der Waals surface area contributed by atoms with Gasteiger partial charge in [-0.2, -0.15) is 0 Å². The first-order chi connectivity index (χ1) is 10.6. The third-order valence-electron chi connectivity index (χ3n) is 3.61. The van der Waals surface area contributed by atoms with Gasteiger partial charge < -0.3 is 10.3 Å². The summed E-state index contributed by atoms with van der Waals surface area (Å²) >= 11 is 0. The zero-order valence-electron chi connectivity index (χ0n) is 12.1. The maximum Gasteiger partial charge on any atom is 0.258 e. The lowest BCUT2D eigenvalue weighted by atomic mass is 10.1. The summed E-state index contributed by atoms with van der Waals surface area (Å²) in [4.78, 5) is 19.1. The Kier molecular flexibility index (Phi) is 3.98. The van der Waals surface area contributed by atoms with Crippen LogP contribution in [-0.2, 0) is 6.54 Å². The molecule has 0 aliphatic carbocycles. The second kappa shape index (κ2) is 6.07. The number of halogens is 1. The fourth-order valence-electron chi connectivity index (χ4n) is 2.40. The highest BCUT2D eigenvalue weighted by atomic mass is 19.1. The van der Waals surface area contributed by atoms with Crippen LogP contribution >= 0.6 is 0 Å². The van der Waals surface area contributed by atoms with Crippen molar-refractivity contribution in [2.75, 3.05) is 0 Å². The van der Waals surface area contributed by atoms with Gasteiger partial charge in [0.25, 0.3) is 5.56 Å². The molecule has 0 radical (unpaired) electrons. The van der Waals surface area contributed by atoms with Crippen molar-refractivity contribution in [3.05, 3.63) is 76.1 Å². The number of aromatic nitrogens is 2. The number of benzene rings is 2. The first-order valence-electron chi connectivity index (χ1n) is 7.11. The molecule has 22 heavy (non-hydrogen) atoms. The third kappa shape index (κ3) is 2.89. The van der Waals surface area contributed by atoms with E-state index in [9.17, 15) is 9.18 Å². The second-order valence-corrected chi connectivity index (χ2v) is 5.15. The number of H-pyrrole nitrogens is 1. The Labute approximate surface area is 127 Å². The first kappa shape index (κ1) is 14.4. The zero-order valence-corrected chi connectivity index (χ0v) is 12.1. The standard InChI is InChI=1S/C17H16FN3O/c1-11(12-6-2-4-8-14(12)18)19-10-16-20-15-9-5-3-7-13(15)17(22)21-16/h2-9,11,19H,10H2,1H3,(H,20,21,22)/t11-/m0/s1. The van der Waals surface area contributed by atoms with Gasteiger partial charge in [-0.15, -0.1) is 0 Å². The van der Waals surface area contributed by atoms with Crippen LogP contribution in [0.4, 0.5) is 4.39 Å². The molecule has 3 rings (SSSR count). The second-order valence-electron chi connectivity index (χ2n) is 5.15. The quantitative estimate of drug-likeness (QED) is 0.778. The van der Waals surface area contributed by atoms with Gasteiger partial charge in [-0.1, -0.05) is 30.3 Å². The van der Waals surface area contributed by atoms with E-state index in [0.29, 0.717) is 28.8 Å². The van der Waals surface area contributed by atoms with Gasteiger partial charge in [-0.25, -0.2) is 9.37 Å². The molecule has 0 unspecified atom stereocenters. The number of nitrogens with one attached hydrogen (secondary N) is 2. The van der Waals surface area contributed by atoms with Crippen LogP contribution in [0.1, 0.15) is 24.4 Å². The molecular formula is C17H16FN3O. The lowest BCUT2D eigenvalue weighted by Crippen LogP contribution is -2.22. The van der Waals surface area contributed by atoms with E-state index in [1.807, 2.05) is 13.0 Å². The maximum atomic E-state index is 13.7. The average Bonchev–Trinajstić information content (AvgIpc) is 2.53. The van der Waals surface area contributed by atoms with Crippen molar-refractivity contribution >= 4 is 10.9 Å². The molecule has 1 heterocycles. The van der Waals surface area contributed by atoms with Crippen molar-refractivity contribution in [3.63, 3.8) is 0 Å². The van der Waals surface area contributed by atoms with Crippen molar-refractivity contribution < 1.29 is 4.39 Å². The van der Waals surface area contributed by atoms with Gasteiger partial charge >= 0.3 is 0 Å². The Hall–Kier alpha value is -2.53. The van der Waals surface area contributed by atoms with Crippen LogP contribution in [0, 0.1) is 5.82 Å². The van der Waals surface area contributed by atoms with Gasteiger partial charge in [-0.05, 0) is 25.1 Å². The lowest BCUT2D eigenvalue weighted by Gasteiger charge is -2.14. The van der Waals surface area contributed by atoms with E-state index < -0.39 is 0 Å². The van der Waals surface area contributed by atoms with Gasteiger partial charge in [0.1, 0.15) is 11.6 Å². The van der Waals surface area contributed by atoms with E-state index in [1.165, 1.54) is 6.07 Å².